The Hall–Kier alpha value is -1.72. The van der Waals surface area contributed by atoms with Gasteiger partial charge in [-0.25, -0.2) is 9.07 Å². The van der Waals surface area contributed by atoms with Gasteiger partial charge in [0, 0.05) is 51.9 Å². The van der Waals surface area contributed by atoms with E-state index in [0.717, 1.165) is 69.6 Å². The van der Waals surface area contributed by atoms with Crippen molar-refractivity contribution in [3.8, 4) is 5.69 Å². The number of aromatic nitrogens is 2. The van der Waals surface area contributed by atoms with Gasteiger partial charge in [-0.3, -0.25) is 9.89 Å². The smallest absolute Gasteiger partial charge is 0.191 e. The third kappa shape index (κ3) is 8.32. The van der Waals surface area contributed by atoms with Crippen LogP contribution in [0.4, 0.5) is 4.39 Å². The van der Waals surface area contributed by atoms with Crippen molar-refractivity contribution < 1.29 is 9.13 Å². The van der Waals surface area contributed by atoms with Crippen LogP contribution in [0, 0.1) is 11.7 Å². The highest BCUT2D eigenvalue weighted by atomic mass is 127. The first-order valence-electron chi connectivity index (χ1n) is 11.1. The first-order valence-corrected chi connectivity index (χ1v) is 11.1. The average molecular weight is 558 g/mol. The molecule has 1 aliphatic rings. The average Bonchev–Trinajstić information content (AvgIpc) is 3.25. The summed E-state index contributed by atoms with van der Waals surface area (Å²) in [6.45, 7) is 9.72. The summed E-state index contributed by atoms with van der Waals surface area (Å²) < 4.78 is 20.4. The third-order valence-corrected chi connectivity index (χ3v) is 5.44. The number of hydrogen-bond acceptors (Lipinski definition) is 4. The van der Waals surface area contributed by atoms with Gasteiger partial charge in [0.25, 0.3) is 0 Å². The number of nitrogens with zero attached hydrogens (tertiary/aromatic N) is 4. The fourth-order valence-corrected chi connectivity index (χ4v) is 3.82. The SMILES string of the molecule is CN=C(NCCc1ccn(-c2ccc(F)cc2)n1)NCC(CC(C)C)N1CCOCC1.I. The summed E-state index contributed by atoms with van der Waals surface area (Å²) in [7, 11) is 1.80. The minimum Gasteiger partial charge on any atom is -0.379 e. The molecular weight excluding hydrogens is 522 g/mol. The molecule has 0 spiro atoms. The maximum Gasteiger partial charge on any atom is 0.191 e. The first kappa shape index (κ1) is 26.5. The highest BCUT2D eigenvalue weighted by molar-refractivity contribution is 14.0. The van der Waals surface area contributed by atoms with Crippen LogP contribution in [0.15, 0.2) is 41.5 Å². The molecule has 0 amide bonds. The fourth-order valence-electron chi connectivity index (χ4n) is 3.82. The van der Waals surface area contributed by atoms with Crippen molar-refractivity contribution in [2.75, 3.05) is 46.4 Å². The summed E-state index contributed by atoms with van der Waals surface area (Å²) in [6.07, 6.45) is 3.81. The summed E-state index contributed by atoms with van der Waals surface area (Å²) in [5.41, 5.74) is 1.82. The van der Waals surface area contributed by atoms with Gasteiger partial charge in [-0.15, -0.1) is 24.0 Å². The highest BCUT2D eigenvalue weighted by Crippen LogP contribution is 2.13. The number of halogens is 2. The van der Waals surface area contributed by atoms with Crippen LogP contribution in [0.2, 0.25) is 0 Å². The zero-order chi connectivity index (χ0) is 22.1. The minimum atomic E-state index is -0.247. The molecule has 1 atom stereocenters. The van der Waals surface area contributed by atoms with Crippen LogP contribution in [0.5, 0.6) is 0 Å². The Kier molecular flexibility index (Phi) is 11.4. The molecule has 1 saturated heterocycles. The van der Waals surface area contributed by atoms with Gasteiger partial charge in [-0.05, 0) is 42.7 Å². The molecule has 0 radical (unpaired) electrons. The molecule has 0 bridgehead atoms. The number of ether oxygens (including phenoxy) is 1. The third-order valence-electron chi connectivity index (χ3n) is 5.44. The van der Waals surface area contributed by atoms with Crippen LogP contribution in [-0.4, -0.2) is 73.1 Å². The lowest BCUT2D eigenvalue weighted by molar-refractivity contribution is 0.0132. The van der Waals surface area contributed by atoms with E-state index in [0.29, 0.717) is 12.0 Å². The number of rotatable bonds is 9. The molecule has 32 heavy (non-hydrogen) atoms. The molecule has 3 rings (SSSR count). The van der Waals surface area contributed by atoms with E-state index in [2.05, 4.69) is 39.5 Å². The quantitative estimate of drug-likeness (QED) is 0.282. The maximum absolute atomic E-state index is 13.1. The second-order valence-electron chi connectivity index (χ2n) is 8.29. The normalized spacial score (nSPS) is 16.0. The summed E-state index contributed by atoms with van der Waals surface area (Å²) in [5, 5.41) is 11.4. The summed E-state index contributed by atoms with van der Waals surface area (Å²) in [4.78, 5) is 6.89. The first-order chi connectivity index (χ1) is 15.0. The Morgan fingerprint density at radius 2 is 1.88 bits per heavy atom. The van der Waals surface area contributed by atoms with E-state index in [1.54, 1.807) is 23.9 Å². The number of nitrogens with one attached hydrogen (secondary N) is 2. The number of aliphatic imine (C=N–C) groups is 1. The zero-order valence-electron chi connectivity index (χ0n) is 19.3. The van der Waals surface area contributed by atoms with Gasteiger partial charge in [-0.1, -0.05) is 13.8 Å². The van der Waals surface area contributed by atoms with Crippen molar-refractivity contribution in [2.45, 2.75) is 32.7 Å². The summed E-state index contributed by atoms with van der Waals surface area (Å²) >= 11 is 0. The van der Waals surface area contributed by atoms with E-state index in [-0.39, 0.29) is 29.8 Å². The van der Waals surface area contributed by atoms with Crippen molar-refractivity contribution in [2.24, 2.45) is 10.9 Å². The van der Waals surface area contributed by atoms with Crippen LogP contribution in [0.3, 0.4) is 0 Å². The van der Waals surface area contributed by atoms with E-state index in [9.17, 15) is 4.39 Å². The molecule has 2 heterocycles. The largest absolute Gasteiger partial charge is 0.379 e. The molecule has 0 aliphatic carbocycles. The molecule has 1 unspecified atom stereocenters. The summed E-state index contributed by atoms with van der Waals surface area (Å²) in [6, 6.07) is 8.78. The van der Waals surface area contributed by atoms with Crippen LogP contribution < -0.4 is 10.6 Å². The maximum atomic E-state index is 13.1. The molecule has 0 saturated carbocycles. The predicted octanol–water partition coefficient (Wildman–Crippen LogP) is 3.08. The number of guanidine groups is 1. The minimum absolute atomic E-state index is 0. The lowest BCUT2D eigenvalue weighted by atomic mass is 10.0. The van der Waals surface area contributed by atoms with Gasteiger partial charge in [0.2, 0.25) is 0 Å². The van der Waals surface area contributed by atoms with E-state index in [1.165, 1.54) is 12.1 Å². The Labute approximate surface area is 207 Å². The second-order valence-corrected chi connectivity index (χ2v) is 8.29. The molecule has 1 aromatic carbocycles. The molecule has 2 aromatic rings. The van der Waals surface area contributed by atoms with Crippen molar-refractivity contribution in [1.82, 2.24) is 25.3 Å². The molecule has 2 N–H and O–H groups in total. The van der Waals surface area contributed by atoms with Crippen LogP contribution in [-0.2, 0) is 11.2 Å². The number of benzene rings is 1. The van der Waals surface area contributed by atoms with E-state index in [1.807, 2.05) is 12.3 Å². The Morgan fingerprint density at radius 3 is 2.53 bits per heavy atom. The lowest BCUT2D eigenvalue weighted by Gasteiger charge is -2.35. The summed E-state index contributed by atoms with van der Waals surface area (Å²) in [5.74, 6) is 1.20. The van der Waals surface area contributed by atoms with Crippen molar-refractivity contribution in [3.05, 3.63) is 48.0 Å². The predicted molar refractivity (Wildman–Crippen MR) is 138 cm³/mol. The van der Waals surface area contributed by atoms with Crippen LogP contribution in [0.25, 0.3) is 5.69 Å². The Bertz CT molecular complexity index is 820. The Balaban J connectivity index is 0.00000363. The van der Waals surface area contributed by atoms with Gasteiger partial charge in [0.1, 0.15) is 5.82 Å². The molecule has 1 aliphatic heterocycles. The molecule has 178 valence electrons. The van der Waals surface area contributed by atoms with Crippen molar-refractivity contribution in [1.29, 1.82) is 0 Å². The van der Waals surface area contributed by atoms with Gasteiger partial charge in [-0.2, -0.15) is 5.10 Å². The zero-order valence-corrected chi connectivity index (χ0v) is 21.6. The van der Waals surface area contributed by atoms with Crippen LogP contribution in [0.1, 0.15) is 26.0 Å². The second kappa shape index (κ2) is 13.7. The van der Waals surface area contributed by atoms with E-state index in [4.69, 9.17) is 4.74 Å². The molecule has 1 fully saturated rings. The van der Waals surface area contributed by atoms with E-state index >= 15 is 0 Å². The standard InChI is InChI=1S/C23H35FN6O.HI/c1-18(2)16-22(29-12-14-31-15-13-29)17-27-23(25-3)26-10-8-20-9-11-30(28-20)21-6-4-19(24)5-7-21;/h4-7,9,11,18,22H,8,10,12-17H2,1-3H3,(H2,25,26,27);1H. The van der Waals surface area contributed by atoms with Crippen LogP contribution >= 0.6 is 24.0 Å². The van der Waals surface area contributed by atoms with Gasteiger partial charge >= 0.3 is 0 Å². The van der Waals surface area contributed by atoms with Crippen molar-refractivity contribution >= 4 is 29.9 Å². The van der Waals surface area contributed by atoms with Crippen molar-refractivity contribution in [3.63, 3.8) is 0 Å². The molecule has 1 aromatic heterocycles. The lowest BCUT2D eigenvalue weighted by Crippen LogP contribution is -2.51. The Morgan fingerprint density at radius 1 is 1.16 bits per heavy atom. The van der Waals surface area contributed by atoms with E-state index < -0.39 is 0 Å². The topological polar surface area (TPSA) is 66.7 Å². The van der Waals surface area contributed by atoms with Gasteiger partial charge < -0.3 is 15.4 Å². The van der Waals surface area contributed by atoms with Gasteiger partial charge in [0.15, 0.2) is 5.96 Å². The number of hydrogen-bond donors (Lipinski definition) is 2. The number of morpholine rings is 1. The fraction of sp³-hybridized carbons (Fsp3) is 0.565. The molecular formula is C23H36FIN6O. The monoisotopic (exact) mass is 558 g/mol. The van der Waals surface area contributed by atoms with Gasteiger partial charge in [0.05, 0.1) is 24.6 Å². The molecule has 7 nitrogen and oxygen atoms in total. The molecule has 9 heteroatoms. The highest BCUT2D eigenvalue weighted by Gasteiger charge is 2.22.